The molecule has 4 heterocycles. The topological polar surface area (TPSA) is 112 Å². The maximum absolute atomic E-state index is 14.1. The highest BCUT2D eigenvalue weighted by Gasteiger charge is 2.67. The van der Waals surface area contributed by atoms with Gasteiger partial charge in [0.25, 0.3) is 17.4 Å². The van der Waals surface area contributed by atoms with E-state index in [1.165, 1.54) is 27.7 Å². The van der Waals surface area contributed by atoms with Crippen LogP contribution in [0.4, 0.5) is 4.39 Å². The van der Waals surface area contributed by atoms with Crippen LogP contribution in [-0.2, 0) is 23.4 Å². The van der Waals surface area contributed by atoms with Crippen molar-refractivity contribution >= 4 is 29.3 Å². The van der Waals surface area contributed by atoms with E-state index in [1.807, 2.05) is 0 Å². The molecule has 1 aromatic carbocycles. The minimum atomic E-state index is -0.876. The summed E-state index contributed by atoms with van der Waals surface area (Å²) in [6, 6.07) is 4.00. The highest BCUT2D eigenvalue weighted by Crippen LogP contribution is 2.64. The molecule has 1 saturated heterocycles. The van der Waals surface area contributed by atoms with Crippen molar-refractivity contribution in [1.82, 2.24) is 19.7 Å². The number of carbonyl (C=O) groups excluding carboxylic acids is 3. The molecule has 38 heavy (non-hydrogen) atoms. The summed E-state index contributed by atoms with van der Waals surface area (Å²) < 4.78 is 15.1. The number of aromatic hydroxyl groups is 1. The Morgan fingerprint density at radius 3 is 2.61 bits per heavy atom. The number of pyridine rings is 1. The summed E-state index contributed by atoms with van der Waals surface area (Å²) in [7, 11) is 0. The summed E-state index contributed by atoms with van der Waals surface area (Å²) in [4.78, 5) is 56.5. The van der Waals surface area contributed by atoms with Crippen LogP contribution in [-0.4, -0.2) is 56.3 Å². The van der Waals surface area contributed by atoms with Gasteiger partial charge in [-0.3, -0.25) is 23.7 Å². The molecule has 1 spiro atoms. The highest BCUT2D eigenvalue weighted by atomic mass is 35.5. The first-order chi connectivity index (χ1) is 18.2. The van der Waals surface area contributed by atoms with E-state index in [0.717, 1.165) is 12.8 Å². The maximum Gasteiger partial charge on any atom is 0.296 e. The normalized spacial score (nSPS) is 29.1. The van der Waals surface area contributed by atoms with Crippen LogP contribution in [0.1, 0.15) is 64.1 Å². The third-order valence-electron chi connectivity index (χ3n) is 9.13. The second-order valence-corrected chi connectivity index (χ2v) is 11.6. The molecular formula is C27H26ClFN4O5. The fourth-order valence-corrected chi connectivity index (χ4v) is 7.53. The Morgan fingerprint density at radius 2 is 1.95 bits per heavy atom. The smallest absolute Gasteiger partial charge is 0.296 e. The lowest BCUT2D eigenvalue weighted by Crippen LogP contribution is -2.54. The molecule has 2 saturated carbocycles. The molecule has 0 radical (unpaired) electrons. The van der Waals surface area contributed by atoms with Crippen molar-refractivity contribution in [1.29, 1.82) is 0 Å². The van der Waals surface area contributed by atoms with E-state index in [9.17, 15) is 28.7 Å². The molecule has 4 atom stereocenters. The zero-order valence-corrected chi connectivity index (χ0v) is 21.3. The van der Waals surface area contributed by atoms with Gasteiger partial charge in [-0.1, -0.05) is 17.7 Å². The predicted molar refractivity (Wildman–Crippen MR) is 133 cm³/mol. The Balaban J connectivity index is 1.30. The average molecular weight is 541 g/mol. The largest absolute Gasteiger partial charge is 0.502 e. The van der Waals surface area contributed by atoms with Gasteiger partial charge in [0.05, 0.1) is 10.6 Å². The molecule has 3 aliphatic heterocycles. The summed E-state index contributed by atoms with van der Waals surface area (Å²) in [6.45, 7) is 0.664. The number of aromatic nitrogens is 1. The number of hydrogen-bond donors (Lipinski definition) is 2. The van der Waals surface area contributed by atoms with Gasteiger partial charge in [-0.2, -0.15) is 0 Å². The summed E-state index contributed by atoms with van der Waals surface area (Å²) in [6.07, 6.45) is 3.68. The van der Waals surface area contributed by atoms with E-state index in [0.29, 0.717) is 36.3 Å². The zero-order chi connectivity index (χ0) is 26.5. The van der Waals surface area contributed by atoms with Gasteiger partial charge >= 0.3 is 0 Å². The summed E-state index contributed by atoms with van der Waals surface area (Å²) in [5.41, 5.74) is -0.539. The molecule has 3 unspecified atom stereocenters. The first kappa shape index (κ1) is 23.7. The van der Waals surface area contributed by atoms with Gasteiger partial charge in [-0.05, 0) is 55.7 Å². The standard InChI is InChI=1S/C27H26ClFN4O5/c28-18-9-13(1-3-19(18)29)11-31-8-6-16-21(24(31)36)23(35)26(38)33-22(16)25(37)32(12-15-2-4-20(34)30-15)27(33)7-5-14-10-17(14)27/h1,3,9,14-15,17,35H,2,4-8,10-12H2,(H,30,34)/t14?,15-,17?,27?/m0/s1. The molecule has 9 nitrogen and oxygen atoms in total. The van der Waals surface area contributed by atoms with Gasteiger partial charge in [0.2, 0.25) is 5.91 Å². The fourth-order valence-electron chi connectivity index (χ4n) is 7.32. The minimum absolute atomic E-state index is 0.0516. The van der Waals surface area contributed by atoms with Crippen LogP contribution in [0.3, 0.4) is 0 Å². The fraction of sp³-hybridized carbons (Fsp3) is 0.481. The number of hydrogen-bond acceptors (Lipinski definition) is 5. The molecule has 0 bridgehead atoms. The Kier molecular flexibility index (Phi) is 5.02. The lowest BCUT2D eigenvalue weighted by molar-refractivity contribution is -0.119. The van der Waals surface area contributed by atoms with E-state index in [4.69, 9.17) is 11.6 Å². The average Bonchev–Trinajstić information content (AvgIpc) is 3.32. The van der Waals surface area contributed by atoms with E-state index >= 15 is 0 Å². The first-order valence-corrected chi connectivity index (χ1v) is 13.4. The molecule has 11 heteroatoms. The number of carbonyl (C=O) groups is 3. The molecule has 5 aliphatic rings. The Morgan fingerprint density at radius 1 is 1.13 bits per heavy atom. The molecule has 1 aromatic heterocycles. The number of nitrogens with one attached hydrogen (secondary N) is 1. The Hall–Kier alpha value is -3.40. The van der Waals surface area contributed by atoms with Crippen LogP contribution < -0.4 is 10.9 Å². The molecule has 3 fully saturated rings. The maximum atomic E-state index is 14.1. The number of nitrogens with zero attached hydrogens (tertiary/aromatic N) is 3. The van der Waals surface area contributed by atoms with Crippen LogP contribution in [0.5, 0.6) is 5.75 Å². The third-order valence-corrected chi connectivity index (χ3v) is 9.42. The predicted octanol–water partition coefficient (Wildman–Crippen LogP) is 2.36. The van der Waals surface area contributed by atoms with Crippen LogP contribution in [0, 0.1) is 17.7 Å². The molecule has 3 amide bonds. The lowest BCUT2D eigenvalue weighted by atomic mass is 9.95. The summed E-state index contributed by atoms with van der Waals surface area (Å²) in [5, 5.41) is 14.0. The van der Waals surface area contributed by atoms with Crippen molar-refractivity contribution in [3.05, 3.63) is 61.8 Å². The van der Waals surface area contributed by atoms with Crippen LogP contribution in [0.2, 0.25) is 5.02 Å². The van der Waals surface area contributed by atoms with Crippen molar-refractivity contribution in [3.8, 4) is 5.75 Å². The molecule has 2 aliphatic carbocycles. The van der Waals surface area contributed by atoms with Crippen LogP contribution >= 0.6 is 11.6 Å². The van der Waals surface area contributed by atoms with Gasteiger partial charge in [0, 0.05) is 43.6 Å². The van der Waals surface area contributed by atoms with Crippen molar-refractivity contribution in [3.63, 3.8) is 0 Å². The van der Waals surface area contributed by atoms with Gasteiger partial charge in [0.15, 0.2) is 5.75 Å². The van der Waals surface area contributed by atoms with Crippen molar-refractivity contribution < 1.29 is 23.9 Å². The second kappa shape index (κ2) is 8.05. The van der Waals surface area contributed by atoms with E-state index in [2.05, 4.69) is 5.32 Å². The molecular weight excluding hydrogens is 515 g/mol. The number of rotatable bonds is 4. The number of amides is 3. The van der Waals surface area contributed by atoms with E-state index < -0.39 is 28.7 Å². The van der Waals surface area contributed by atoms with Crippen LogP contribution in [0.15, 0.2) is 23.0 Å². The highest BCUT2D eigenvalue weighted by molar-refractivity contribution is 6.30. The zero-order valence-electron chi connectivity index (χ0n) is 20.5. The molecule has 2 N–H and O–H groups in total. The quantitative estimate of drug-likeness (QED) is 0.618. The Bertz CT molecular complexity index is 1510. The minimum Gasteiger partial charge on any atom is -0.502 e. The van der Waals surface area contributed by atoms with Gasteiger partial charge in [0.1, 0.15) is 17.2 Å². The van der Waals surface area contributed by atoms with Crippen LogP contribution in [0.25, 0.3) is 0 Å². The van der Waals surface area contributed by atoms with Crippen molar-refractivity contribution in [2.24, 2.45) is 11.8 Å². The molecule has 198 valence electrons. The molecule has 2 aromatic rings. The lowest BCUT2D eigenvalue weighted by Gasteiger charge is -2.39. The second-order valence-electron chi connectivity index (χ2n) is 11.2. The molecule has 7 rings (SSSR count). The number of benzene rings is 1. The van der Waals surface area contributed by atoms with E-state index in [1.54, 1.807) is 4.90 Å². The van der Waals surface area contributed by atoms with Gasteiger partial charge in [-0.25, -0.2) is 4.39 Å². The Labute approximate surface area is 222 Å². The summed E-state index contributed by atoms with van der Waals surface area (Å²) in [5.74, 6) is -1.60. The van der Waals surface area contributed by atoms with Gasteiger partial charge < -0.3 is 20.2 Å². The SMILES string of the molecule is O=C1CC[C@@H](CN2C(=O)c3c4c(c(O)c(=O)n3C23CCC2CC23)C(=O)N(Cc2ccc(F)c(Cl)c2)CC4)N1. The van der Waals surface area contributed by atoms with E-state index in [-0.39, 0.29) is 66.1 Å². The van der Waals surface area contributed by atoms with Crippen molar-refractivity contribution in [2.75, 3.05) is 13.1 Å². The van der Waals surface area contributed by atoms with Crippen molar-refractivity contribution in [2.45, 2.75) is 56.8 Å². The first-order valence-electron chi connectivity index (χ1n) is 13.1. The third kappa shape index (κ3) is 3.15. The number of fused-ring (bicyclic) bond motifs is 6. The van der Waals surface area contributed by atoms with Gasteiger partial charge in [-0.15, -0.1) is 0 Å². The summed E-state index contributed by atoms with van der Waals surface area (Å²) >= 11 is 5.90. The monoisotopic (exact) mass is 540 g/mol. The number of halogens is 2.